The van der Waals surface area contributed by atoms with Gasteiger partial charge in [-0.1, -0.05) is 0 Å². The number of aryl methyl sites for hydroxylation is 1. The highest BCUT2D eigenvalue weighted by molar-refractivity contribution is 5.54. The molecule has 2 fully saturated rings. The summed E-state index contributed by atoms with van der Waals surface area (Å²) in [6.45, 7) is 4.40. The smallest absolute Gasteiger partial charge is 0.275 e. The lowest BCUT2D eigenvalue weighted by Gasteiger charge is -2.29. The Labute approximate surface area is 248 Å². The molecule has 2 saturated heterocycles. The van der Waals surface area contributed by atoms with E-state index in [0.29, 0.717) is 30.8 Å². The molecule has 2 aliphatic rings. The van der Waals surface area contributed by atoms with E-state index in [2.05, 4.69) is 0 Å². The topological polar surface area (TPSA) is 92.8 Å². The summed E-state index contributed by atoms with van der Waals surface area (Å²) in [5, 5.41) is 20.4. The number of benzene rings is 3. The first-order chi connectivity index (χ1) is 20.8. The molecule has 3 aromatic rings. The van der Waals surface area contributed by atoms with Gasteiger partial charge in [0, 0.05) is 26.2 Å². The number of hydrogen-bond donors (Lipinski definition) is 0. The van der Waals surface area contributed by atoms with Crippen molar-refractivity contribution in [2.45, 2.75) is 45.4 Å². The van der Waals surface area contributed by atoms with Gasteiger partial charge in [0.05, 0.1) is 34.1 Å². The number of piperidine rings is 2. The zero-order chi connectivity index (χ0) is 32.6. The van der Waals surface area contributed by atoms with Crippen LogP contribution in [0.5, 0.6) is 0 Å². The Balaban J connectivity index is 0.000000183. The van der Waals surface area contributed by atoms with Gasteiger partial charge in [0.2, 0.25) is 0 Å². The van der Waals surface area contributed by atoms with Crippen molar-refractivity contribution in [3.63, 3.8) is 0 Å². The Morgan fingerprint density at radius 3 is 1.14 bits per heavy atom. The monoisotopic (exact) mass is 630 g/mol. The third kappa shape index (κ3) is 8.80. The molecule has 0 unspecified atom stereocenters. The van der Waals surface area contributed by atoms with Gasteiger partial charge in [0.15, 0.2) is 29.1 Å². The molecule has 5 rings (SSSR count). The Morgan fingerprint density at radius 1 is 0.523 bits per heavy atom. The van der Waals surface area contributed by atoms with Gasteiger partial charge in [-0.3, -0.25) is 20.2 Å². The molecule has 0 amide bonds. The summed E-state index contributed by atoms with van der Waals surface area (Å²) < 4.78 is 91.3. The van der Waals surface area contributed by atoms with Crippen LogP contribution in [-0.4, -0.2) is 36.0 Å². The molecule has 2 heterocycles. The van der Waals surface area contributed by atoms with E-state index in [1.165, 1.54) is 12.1 Å². The van der Waals surface area contributed by atoms with Gasteiger partial charge in [-0.15, -0.1) is 0 Å². The molecular weight excluding hydrogens is 601 g/mol. The van der Waals surface area contributed by atoms with Crippen LogP contribution in [0.1, 0.15) is 44.1 Å². The van der Waals surface area contributed by atoms with Gasteiger partial charge in [-0.05, 0) is 63.1 Å². The molecule has 0 aliphatic carbocycles. The van der Waals surface area contributed by atoms with E-state index < -0.39 is 61.9 Å². The van der Waals surface area contributed by atoms with E-state index in [9.17, 15) is 51.0 Å². The second-order valence-corrected chi connectivity index (χ2v) is 10.2. The van der Waals surface area contributed by atoms with Gasteiger partial charge in [-0.2, -0.15) is 0 Å². The van der Waals surface area contributed by atoms with Gasteiger partial charge < -0.3 is 9.80 Å². The van der Waals surface area contributed by atoms with Crippen LogP contribution in [0.3, 0.4) is 0 Å². The lowest BCUT2D eigenvalue weighted by atomic mass is 10.1. The lowest BCUT2D eigenvalue weighted by Crippen LogP contribution is -2.31. The summed E-state index contributed by atoms with van der Waals surface area (Å²) in [5.74, 6) is -7.44. The van der Waals surface area contributed by atoms with Crippen LogP contribution in [0.25, 0.3) is 0 Å². The number of nitrogens with zero attached hydrogens (tertiary/aromatic N) is 4. The van der Waals surface area contributed by atoms with E-state index in [1.54, 1.807) is 11.8 Å². The highest BCUT2D eigenvalue weighted by atomic mass is 19.2. The van der Waals surface area contributed by atoms with Gasteiger partial charge in [0.25, 0.3) is 11.4 Å². The normalized spacial score (nSPS) is 14.6. The van der Waals surface area contributed by atoms with E-state index in [0.717, 1.165) is 63.7 Å². The summed E-state index contributed by atoms with van der Waals surface area (Å²) in [4.78, 5) is 22.0. The van der Waals surface area contributed by atoms with Gasteiger partial charge in [-0.25, -0.2) is 30.7 Å². The molecule has 15 heteroatoms. The predicted octanol–water partition coefficient (Wildman–Crippen LogP) is 8.14. The third-order valence-electron chi connectivity index (χ3n) is 6.90. The highest BCUT2D eigenvalue weighted by Crippen LogP contribution is 2.30. The molecule has 0 spiro atoms. The van der Waals surface area contributed by atoms with E-state index in [4.69, 9.17) is 0 Å². The molecule has 0 aromatic heterocycles. The Kier molecular flexibility index (Phi) is 11.9. The number of hydrogen-bond acceptors (Lipinski definition) is 6. The molecule has 0 N–H and O–H groups in total. The van der Waals surface area contributed by atoms with Crippen molar-refractivity contribution >= 4 is 22.7 Å². The number of nitro benzene ring substituents is 2. The maximum absolute atomic E-state index is 13.7. The third-order valence-corrected chi connectivity index (χ3v) is 6.90. The molecule has 44 heavy (non-hydrogen) atoms. The number of anilines is 2. The van der Waals surface area contributed by atoms with Crippen LogP contribution < -0.4 is 9.80 Å². The summed E-state index contributed by atoms with van der Waals surface area (Å²) in [6.07, 6.45) is 6.02. The average Bonchev–Trinajstić information content (AvgIpc) is 2.96. The van der Waals surface area contributed by atoms with Crippen LogP contribution in [0.4, 0.5) is 53.5 Å². The van der Waals surface area contributed by atoms with Crippen molar-refractivity contribution < 1.29 is 40.6 Å². The molecule has 0 atom stereocenters. The van der Waals surface area contributed by atoms with E-state index in [1.807, 2.05) is 4.90 Å². The van der Waals surface area contributed by atoms with Crippen LogP contribution in [-0.2, 0) is 0 Å². The van der Waals surface area contributed by atoms with Crippen molar-refractivity contribution in [1.82, 2.24) is 0 Å². The highest BCUT2D eigenvalue weighted by Gasteiger charge is 2.23. The van der Waals surface area contributed by atoms with E-state index in [-0.39, 0.29) is 11.4 Å². The number of halogens is 7. The Hall–Kier alpha value is -4.43. The average molecular weight is 631 g/mol. The fourth-order valence-electron chi connectivity index (χ4n) is 4.84. The van der Waals surface area contributed by atoms with Crippen molar-refractivity contribution in [2.24, 2.45) is 0 Å². The van der Waals surface area contributed by atoms with Gasteiger partial charge in [0.1, 0.15) is 23.0 Å². The molecular formula is C29H29F7N4O4. The van der Waals surface area contributed by atoms with Crippen molar-refractivity contribution in [3.05, 3.63) is 103 Å². The second kappa shape index (κ2) is 15.3. The first kappa shape index (κ1) is 34.1. The number of non-ortho nitro benzene ring substituents is 2. The Bertz CT molecular complexity index is 1430. The molecule has 0 saturated carbocycles. The number of nitro groups is 2. The lowest BCUT2D eigenvalue weighted by molar-refractivity contribution is -0.385. The maximum Gasteiger partial charge on any atom is 0.275 e. The van der Waals surface area contributed by atoms with Crippen LogP contribution in [0, 0.1) is 67.9 Å². The molecule has 8 nitrogen and oxygen atoms in total. The fourth-order valence-corrected chi connectivity index (χ4v) is 4.84. The zero-order valence-electron chi connectivity index (χ0n) is 23.6. The minimum Gasteiger partial charge on any atom is -0.367 e. The van der Waals surface area contributed by atoms with Crippen molar-refractivity contribution in [1.29, 1.82) is 0 Å². The summed E-state index contributed by atoms with van der Waals surface area (Å²) >= 11 is 0. The van der Waals surface area contributed by atoms with Crippen LogP contribution in [0.15, 0.2) is 36.4 Å². The zero-order valence-corrected chi connectivity index (χ0v) is 23.6. The molecule has 0 bridgehead atoms. The quantitative estimate of drug-likeness (QED) is 0.125. The van der Waals surface area contributed by atoms with Gasteiger partial charge >= 0.3 is 0 Å². The minimum absolute atomic E-state index is 0.143. The SMILES string of the molecule is Cc1cc(F)c(N2CCCCC2)c(F)c1.O=[N+]([O-])c1cc(F)c(F)c(F)c1.O=[N+]([O-])c1cc(F)c(N2CCCCC2)c(F)c1. The summed E-state index contributed by atoms with van der Waals surface area (Å²) in [7, 11) is 0. The van der Waals surface area contributed by atoms with E-state index >= 15 is 0 Å². The van der Waals surface area contributed by atoms with Crippen LogP contribution >= 0.6 is 0 Å². The first-order valence-corrected chi connectivity index (χ1v) is 13.7. The molecule has 238 valence electrons. The van der Waals surface area contributed by atoms with Crippen molar-refractivity contribution in [2.75, 3.05) is 36.0 Å². The standard InChI is InChI=1S/C12H15F2N.C11H12F2N2O2.C6H2F3NO2/c1-9-7-10(13)12(11(14)8-9)15-5-3-2-4-6-15;12-9-6-8(15(16)17)7-10(13)11(9)14-4-2-1-3-5-14;7-4-1-3(10(11)12)2-5(8)6(4)9/h7-8H,2-6H2,1H3;6-7H,1-5H2;1-2H. The first-order valence-electron chi connectivity index (χ1n) is 13.7. The Morgan fingerprint density at radius 2 is 0.818 bits per heavy atom. The van der Waals surface area contributed by atoms with Crippen molar-refractivity contribution in [3.8, 4) is 0 Å². The predicted molar refractivity (Wildman–Crippen MR) is 149 cm³/mol. The summed E-state index contributed by atoms with van der Waals surface area (Å²) in [6, 6.07) is 4.97. The maximum atomic E-state index is 13.7. The fraction of sp³-hybridized carbons (Fsp3) is 0.379. The number of rotatable bonds is 4. The molecule has 0 radical (unpaired) electrons. The second-order valence-electron chi connectivity index (χ2n) is 10.2. The van der Waals surface area contributed by atoms with Crippen LogP contribution in [0.2, 0.25) is 0 Å². The summed E-state index contributed by atoms with van der Waals surface area (Å²) in [5.41, 5.74) is -0.728. The molecule has 2 aliphatic heterocycles. The minimum atomic E-state index is -1.71. The molecule has 3 aromatic carbocycles. The largest absolute Gasteiger partial charge is 0.367 e.